The number of anilines is 1. The summed E-state index contributed by atoms with van der Waals surface area (Å²) >= 11 is 1.60. The van der Waals surface area contributed by atoms with E-state index in [2.05, 4.69) is 39.5 Å². The number of aromatic nitrogens is 1. The lowest BCUT2D eigenvalue weighted by atomic mass is 9.78. The molecule has 1 aromatic rings. The van der Waals surface area contributed by atoms with E-state index in [1.165, 1.54) is 19.3 Å². The van der Waals surface area contributed by atoms with Crippen molar-refractivity contribution >= 4 is 22.3 Å². The third-order valence-electron chi connectivity index (χ3n) is 4.10. The van der Waals surface area contributed by atoms with Gasteiger partial charge in [-0.2, -0.15) is 0 Å². The van der Waals surface area contributed by atoms with Gasteiger partial charge >= 0.3 is 0 Å². The number of carbonyl (C=O) groups is 1. The molecule has 1 aliphatic carbocycles. The van der Waals surface area contributed by atoms with Gasteiger partial charge in [-0.3, -0.25) is 4.79 Å². The van der Waals surface area contributed by atoms with Crippen LogP contribution in [0.15, 0.2) is 0 Å². The van der Waals surface area contributed by atoms with Crippen LogP contribution in [0.1, 0.15) is 75.7 Å². The first kappa shape index (κ1) is 16.5. The largest absolute Gasteiger partial charge is 0.346 e. The lowest BCUT2D eigenvalue weighted by Crippen LogP contribution is -2.31. The second-order valence-electron chi connectivity index (χ2n) is 7.21. The molecule has 0 N–H and O–H groups in total. The second-order valence-corrected chi connectivity index (χ2v) is 8.18. The Bertz CT molecular complexity index is 505. The van der Waals surface area contributed by atoms with E-state index >= 15 is 0 Å². The molecule has 0 unspecified atom stereocenters. The van der Waals surface area contributed by atoms with Gasteiger partial charge < -0.3 is 4.90 Å². The van der Waals surface area contributed by atoms with Crippen LogP contribution in [-0.4, -0.2) is 23.4 Å². The van der Waals surface area contributed by atoms with Crippen molar-refractivity contribution in [1.29, 1.82) is 0 Å². The molecule has 0 spiro atoms. The first-order valence-corrected chi connectivity index (χ1v) is 8.95. The lowest BCUT2D eigenvalue weighted by molar-refractivity contribution is 0.0916. The molecule has 0 saturated carbocycles. The van der Waals surface area contributed by atoms with E-state index in [0.29, 0.717) is 12.5 Å². The number of thiazole rings is 1. The van der Waals surface area contributed by atoms with Gasteiger partial charge in [0.05, 0.1) is 10.6 Å². The first-order valence-electron chi connectivity index (χ1n) is 8.13. The summed E-state index contributed by atoms with van der Waals surface area (Å²) in [4.78, 5) is 20.4. The fraction of sp³-hybridized carbons (Fsp3) is 0.765. The number of unbranched alkanes of at least 4 members (excludes halogenated alkanes) is 2. The molecule has 1 aliphatic rings. The second kappa shape index (κ2) is 6.47. The van der Waals surface area contributed by atoms with Crippen molar-refractivity contribution in [3.05, 3.63) is 10.6 Å². The SMILES string of the molecule is CCCCCN(c1nc2c(s1)C(=O)CC(C)(C)C2)C(C)C. The highest BCUT2D eigenvalue weighted by molar-refractivity contribution is 7.17. The fourth-order valence-electron chi connectivity index (χ4n) is 2.94. The highest BCUT2D eigenvalue weighted by Gasteiger charge is 2.34. The van der Waals surface area contributed by atoms with E-state index in [1.807, 2.05) is 0 Å². The summed E-state index contributed by atoms with van der Waals surface area (Å²) in [5.41, 5.74) is 1.08. The molecule has 3 nitrogen and oxygen atoms in total. The monoisotopic (exact) mass is 308 g/mol. The molecule has 0 bridgehead atoms. The van der Waals surface area contributed by atoms with Crippen molar-refractivity contribution in [3.8, 4) is 0 Å². The van der Waals surface area contributed by atoms with Crippen LogP contribution < -0.4 is 4.90 Å². The number of nitrogens with zero attached hydrogens (tertiary/aromatic N) is 2. The van der Waals surface area contributed by atoms with E-state index in [1.54, 1.807) is 11.3 Å². The van der Waals surface area contributed by atoms with Crippen LogP contribution >= 0.6 is 11.3 Å². The summed E-state index contributed by atoms with van der Waals surface area (Å²) < 4.78 is 0. The summed E-state index contributed by atoms with van der Waals surface area (Å²) in [5, 5.41) is 1.04. The normalized spacial score (nSPS) is 17.1. The lowest BCUT2D eigenvalue weighted by Gasteiger charge is -2.27. The standard InChI is InChI=1S/C17H28N2OS/c1-6-7-8-9-19(12(2)3)16-18-13-10-17(4,5)11-14(20)15(13)21-16/h12H,6-11H2,1-5H3. The molecule has 2 rings (SSSR count). The summed E-state index contributed by atoms with van der Waals surface area (Å²) in [6.45, 7) is 12.0. The smallest absolute Gasteiger partial charge is 0.186 e. The average molecular weight is 308 g/mol. The zero-order chi connectivity index (χ0) is 15.6. The molecule has 118 valence electrons. The van der Waals surface area contributed by atoms with Gasteiger partial charge in [-0.25, -0.2) is 4.98 Å². The van der Waals surface area contributed by atoms with Crippen molar-refractivity contribution in [2.45, 2.75) is 72.8 Å². The summed E-state index contributed by atoms with van der Waals surface area (Å²) in [5.74, 6) is 0.280. The maximum Gasteiger partial charge on any atom is 0.186 e. The zero-order valence-electron chi connectivity index (χ0n) is 14.0. The fourth-order valence-corrected chi connectivity index (χ4v) is 4.12. The van der Waals surface area contributed by atoms with Crippen LogP contribution in [0.5, 0.6) is 0 Å². The Morgan fingerprint density at radius 2 is 2.00 bits per heavy atom. The Labute approximate surface area is 132 Å². The van der Waals surface area contributed by atoms with Gasteiger partial charge in [0, 0.05) is 19.0 Å². The van der Waals surface area contributed by atoms with E-state index in [-0.39, 0.29) is 11.2 Å². The third-order valence-corrected chi connectivity index (χ3v) is 5.27. The van der Waals surface area contributed by atoms with E-state index in [0.717, 1.165) is 28.7 Å². The van der Waals surface area contributed by atoms with Gasteiger partial charge in [-0.05, 0) is 32.1 Å². The minimum absolute atomic E-state index is 0.0559. The number of carbonyl (C=O) groups excluding carboxylic acids is 1. The molecular formula is C17H28N2OS. The summed E-state index contributed by atoms with van der Waals surface area (Å²) in [6.07, 6.45) is 5.25. The van der Waals surface area contributed by atoms with Crippen molar-refractivity contribution in [2.24, 2.45) is 5.41 Å². The maximum absolute atomic E-state index is 12.3. The molecule has 0 atom stereocenters. The topological polar surface area (TPSA) is 33.2 Å². The molecule has 0 radical (unpaired) electrons. The van der Waals surface area contributed by atoms with Gasteiger partial charge in [-0.15, -0.1) is 0 Å². The van der Waals surface area contributed by atoms with Crippen molar-refractivity contribution in [1.82, 2.24) is 4.98 Å². The highest BCUT2D eigenvalue weighted by Crippen LogP contribution is 2.39. The summed E-state index contributed by atoms with van der Waals surface area (Å²) in [6, 6.07) is 0.428. The highest BCUT2D eigenvalue weighted by atomic mass is 32.1. The average Bonchev–Trinajstić information content (AvgIpc) is 2.76. The van der Waals surface area contributed by atoms with Crippen LogP contribution in [0, 0.1) is 5.41 Å². The number of ketones is 1. The number of rotatable bonds is 6. The predicted molar refractivity (Wildman–Crippen MR) is 90.6 cm³/mol. The molecule has 0 aromatic carbocycles. The van der Waals surface area contributed by atoms with Crippen LogP contribution in [0.25, 0.3) is 0 Å². The minimum atomic E-state index is 0.0559. The molecule has 0 saturated heterocycles. The molecule has 21 heavy (non-hydrogen) atoms. The van der Waals surface area contributed by atoms with Gasteiger partial charge in [0.15, 0.2) is 10.9 Å². The van der Waals surface area contributed by atoms with Crippen LogP contribution in [0.2, 0.25) is 0 Å². The Balaban J connectivity index is 2.22. The molecule has 0 amide bonds. The third kappa shape index (κ3) is 3.85. The quantitative estimate of drug-likeness (QED) is 0.714. The van der Waals surface area contributed by atoms with E-state index in [9.17, 15) is 4.79 Å². The molecule has 1 heterocycles. The van der Waals surface area contributed by atoms with Crippen molar-refractivity contribution in [2.75, 3.05) is 11.4 Å². The van der Waals surface area contributed by atoms with Gasteiger partial charge in [0.1, 0.15) is 0 Å². The Morgan fingerprint density at radius 1 is 1.29 bits per heavy atom. The Morgan fingerprint density at radius 3 is 2.62 bits per heavy atom. The minimum Gasteiger partial charge on any atom is -0.346 e. The molecule has 0 fully saturated rings. The maximum atomic E-state index is 12.3. The van der Waals surface area contributed by atoms with Gasteiger partial charge in [0.25, 0.3) is 0 Å². The number of fused-ring (bicyclic) bond motifs is 1. The first-order chi connectivity index (χ1) is 9.84. The predicted octanol–water partition coefficient (Wildman–Crippen LogP) is 4.70. The summed E-state index contributed by atoms with van der Waals surface area (Å²) in [7, 11) is 0. The Hall–Kier alpha value is -0.900. The number of hydrogen-bond donors (Lipinski definition) is 0. The van der Waals surface area contributed by atoms with Gasteiger partial charge in [0.2, 0.25) is 0 Å². The zero-order valence-corrected chi connectivity index (χ0v) is 14.8. The molecule has 0 aliphatic heterocycles. The van der Waals surface area contributed by atoms with Gasteiger partial charge in [-0.1, -0.05) is 44.9 Å². The molecular weight excluding hydrogens is 280 g/mol. The van der Waals surface area contributed by atoms with Crippen LogP contribution in [-0.2, 0) is 6.42 Å². The van der Waals surface area contributed by atoms with Crippen molar-refractivity contribution < 1.29 is 4.79 Å². The van der Waals surface area contributed by atoms with E-state index in [4.69, 9.17) is 4.98 Å². The number of hydrogen-bond acceptors (Lipinski definition) is 4. The molecule has 4 heteroatoms. The number of Topliss-reactive ketones (excluding diaryl/α,β-unsaturated/α-hetero) is 1. The Kier molecular flexibility index (Phi) is 5.07. The van der Waals surface area contributed by atoms with Crippen LogP contribution in [0.4, 0.5) is 5.13 Å². The van der Waals surface area contributed by atoms with E-state index < -0.39 is 0 Å². The molecule has 1 aromatic heterocycles. The van der Waals surface area contributed by atoms with Crippen LogP contribution in [0.3, 0.4) is 0 Å². The van der Waals surface area contributed by atoms with Crippen molar-refractivity contribution in [3.63, 3.8) is 0 Å².